The van der Waals surface area contributed by atoms with Gasteiger partial charge in [-0.15, -0.1) is 0 Å². The molecule has 0 aliphatic rings. The van der Waals surface area contributed by atoms with Crippen LogP contribution in [-0.2, 0) is 4.79 Å². The summed E-state index contributed by atoms with van der Waals surface area (Å²) >= 11 is 0. The number of Topliss-reactive ketones (excluding diaryl/α,β-unsaturated/α-hetero) is 1. The second-order valence-corrected chi connectivity index (χ2v) is 4.56. The first-order chi connectivity index (χ1) is 8.93. The monoisotopic (exact) mass is 265 g/mol. The summed E-state index contributed by atoms with van der Waals surface area (Å²) < 4.78 is 5.02. The predicted octanol–water partition coefficient (Wildman–Crippen LogP) is 1.72. The van der Waals surface area contributed by atoms with E-state index in [4.69, 9.17) is 9.84 Å². The van der Waals surface area contributed by atoms with E-state index in [1.165, 1.54) is 0 Å². The fraction of sp³-hybridized carbons (Fsp3) is 0.429. The summed E-state index contributed by atoms with van der Waals surface area (Å²) in [5.74, 6) is -0.568. The summed E-state index contributed by atoms with van der Waals surface area (Å²) in [6, 6.07) is 5.95. The molecule has 1 atom stereocenters. The highest BCUT2D eigenvalue weighted by Crippen LogP contribution is 2.14. The fourth-order valence-corrected chi connectivity index (χ4v) is 1.76. The van der Waals surface area contributed by atoms with Crippen LogP contribution >= 0.6 is 0 Å². The van der Waals surface area contributed by atoms with Crippen LogP contribution in [0, 0.1) is 0 Å². The van der Waals surface area contributed by atoms with Gasteiger partial charge in [0.05, 0.1) is 19.6 Å². The largest absolute Gasteiger partial charge is 0.497 e. The number of nitrogens with one attached hydrogen (secondary N) is 1. The molecule has 0 saturated carbocycles. The molecule has 1 unspecified atom stereocenters. The third-order valence-electron chi connectivity index (χ3n) is 2.60. The summed E-state index contributed by atoms with van der Waals surface area (Å²) in [7, 11) is 1.55. The molecule has 0 heterocycles. The van der Waals surface area contributed by atoms with Crippen molar-refractivity contribution in [1.29, 1.82) is 0 Å². The average Bonchev–Trinajstić information content (AvgIpc) is 2.36. The molecule has 5 nitrogen and oxygen atoms in total. The third-order valence-corrected chi connectivity index (χ3v) is 2.60. The SMILES string of the molecule is COc1ccc(C(=O)C(CC(=O)O)NC(C)C)cc1. The third kappa shape index (κ3) is 4.71. The molecule has 0 radical (unpaired) electrons. The molecule has 0 aromatic heterocycles. The van der Waals surface area contributed by atoms with E-state index >= 15 is 0 Å². The van der Waals surface area contributed by atoms with Gasteiger partial charge in [0.25, 0.3) is 0 Å². The van der Waals surface area contributed by atoms with Crippen LogP contribution in [0.25, 0.3) is 0 Å². The minimum Gasteiger partial charge on any atom is -0.497 e. The molecule has 104 valence electrons. The minimum atomic E-state index is -1.000. The lowest BCUT2D eigenvalue weighted by atomic mass is 10.0. The molecular weight excluding hydrogens is 246 g/mol. The van der Waals surface area contributed by atoms with Gasteiger partial charge in [-0.3, -0.25) is 9.59 Å². The van der Waals surface area contributed by atoms with Crippen LogP contribution in [0.1, 0.15) is 30.6 Å². The fourth-order valence-electron chi connectivity index (χ4n) is 1.76. The zero-order valence-electron chi connectivity index (χ0n) is 11.3. The molecular formula is C14H19NO4. The number of aliphatic carboxylic acids is 1. The van der Waals surface area contributed by atoms with Crippen molar-refractivity contribution in [2.75, 3.05) is 7.11 Å². The Hall–Kier alpha value is -1.88. The molecule has 19 heavy (non-hydrogen) atoms. The van der Waals surface area contributed by atoms with Gasteiger partial charge in [-0.2, -0.15) is 0 Å². The van der Waals surface area contributed by atoms with E-state index in [9.17, 15) is 9.59 Å². The van der Waals surface area contributed by atoms with Crippen molar-refractivity contribution in [3.8, 4) is 5.75 Å². The lowest BCUT2D eigenvalue weighted by molar-refractivity contribution is -0.137. The van der Waals surface area contributed by atoms with Crippen molar-refractivity contribution in [3.05, 3.63) is 29.8 Å². The number of hydrogen-bond donors (Lipinski definition) is 2. The molecule has 0 saturated heterocycles. The normalized spacial score (nSPS) is 12.2. The van der Waals surface area contributed by atoms with E-state index in [2.05, 4.69) is 5.32 Å². The Labute approximate surface area is 112 Å². The Bertz CT molecular complexity index is 439. The molecule has 1 aromatic rings. The van der Waals surface area contributed by atoms with Crippen LogP contribution < -0.4 is 10.1 Å². The molecule has 5 heteroatoms. The van der Waals surface area contributed by atoms with Crippen molar-refractivity contribution in [3.63, 3.8) is 0 Å². The first-order valence-corrected chi connectivity index (χ1v) is 6.10. The Kier molecular flexibility index (Phi) is 5.51. The predicted molar refractivity (Wildman–Crippen MR) is 71.6 cm³/mol. The topological polar surface area (TPSA) is 75.6 Å². The van der Waals surface area contributed by atoms with Gasteiger partial charge in [0, 0.05) is 11.6 Å². The molecule has 0 aliphatic carbocycles. The molecule has 2 N–H and O–H groups in total. The van der Waals surface area contributed by atoms with Gasteiger partial charge in [-0.1, -0.05) is 13.8 Å². The van der Waals surface area contributed by atoms with Gasteiger partial charge >= 0.3 is 5.97 Å². The van der Waals surface area contributed by atoms with E-state index in [0.29, 0.717) is 11.3 Å². The maximum Gasteiger partial charge on any atom is 0.305 e. The van der Waals surface area contributed by atoms with E-state index in [0.717, 1.165) is 0 Å². The molecule has 0 amide bonds. The summed E-state index contributed by atoms with van der Waals surface area (Å²) in [5.41, 5.74) is 0.472. The van der Waals surface area contributed by atoms with E-state index < -0.39 is 12.0 Å². The molecule has 0 bridgehead atoms. The molecule has 0 aliphatic heterocycles. The lowest BCUT2D eigenvalue weighted by Gasteiger charge is -2.18. The van der Waals surface area contributed by atoms with Gasteiger partial charge in [0.1, 0.15) is 5.75 Å². The van der Waals surface area contributed by atoms with Crippen molar-refractivity contribution in [2.45, 2.75) is 32.4 Å². The van der Waals surface area contributed by atoms with Crippen LogP contribution in [0.4, 0.5) is 0 Å². The molecule has 1 rings (SSSR count). The Morgan fingerprint density at radius 1 is 1.26 bits per heavy atom. The number of methoxy groups -OCH3 is 1. The number of carboxylic acid groups (broad SMARTS) is 1. The summed E-state index contributed by atoms with van der Waals surface area (Å²) in [6.45, 7) is 3.74. The van der Waals surface area contributed by atoms with Gasteiger partial charge < -0.3 is 15.2 Å². The van der Waals surface area contributed by atoms with E-state index in [-0.39, 0.29) is 18.2 Å². The Balaban J connectivity index is 2.87. The molecule has 0 spiro atoms. The van der Waals surface area contributed by atoms with E-state index in [1.807, 2.05) is 13.8 Å². The van der Waals surface area contributed by atoms with Crippen LogP contribution in [0.15, 0.2) is 24.3 Å². The number of ether oxygens (including phenoxy) is 1. The second kappa shape index (κ2) is 6.89. The summed E-state index contributed by atoms with van der Waals surface area (Å²) in [5, 5.41) is 11.8. The maximum absolute atomic E-state index is 12.2. The quantitative estimate of drug-likeness (QED) is 0.734. The van der Waals surface area contributed by atoms with Gasteiger partial charge in [0.15, 0.2) is 5.78 Å². The number of benzene rings is 1. The van der Waals surface area contributed by atoms with Crippen molar-refractivity contribution < 1.29 is 19.4 Å². The minimum absolute atomic E-state index is 0.0338. The number of carboxylic acids is 1. The van der Waals surface area contributed by atoms with Gasteiger partial charge in [0.2, 0.25) is 0 Å². The average molecular weight is 265 g/mol. The number of ketones is 1. The van der Waals surface area contributed by atoms with Gasteiger partial charge in [-0.25, -0.2) is 0 Å². The van der Waals surface area contributed by atoms with Crippen molar-refractivity contribution in [1.82, 2.24) is 5.32 Å². The number of rotatable bonds is 7. The highest BCUT2D eigenvalue weighted by atomic mass is 16.5. The zero-order valence-corrected chi connectivity index (χ0v) is 11.3. The van der Waals surface area contributed by atoms with Crippen LogP contribution in [0.2, 0.25) is 0 Å². The Morgan fingerprint density at radius 2 is 1.84 bits per heavy atom. The highest BCUT2D eigenvalue weighted by molar-refractivity contribution is 6.01. The van der Waals surface area contributed by atoms with Gasteiger partial charge in [-0.05, 0) is 24.3 Å². The first-order valence-electron chi connectivity index (χ1n) is 6.10. The summed E-state index contributed by atoms with van der Waals surface area (Å²) in [4.78, 5) is 23.1. The zero-order chi connectivity index (χ0) is 14.4. The van der Waals surface area contributed by atoms with Crippen LogP contribution in [-0.4, -0.2) is 36.1 Å². The van der Waals surface area contributed by atoms with E-state index in [1.54, 1.807) is 31.4 Å². The summed E-state index contributed by atoms with van der Waals surface area (Å²) in [6.07, 6.45) is -0.233. The highest BCUT2D eigenvalue weighted by Gasteiger charge is 2.23. The molecule has 0 fully saturated rings. The lowest BCUT2D eigenvalue weighted by Crippen LogP contribution is -2.42. The standard InChI is InChI=1S/C14H19NO4/c1-9(2)15-12(8-13(16)17)14(18)10-4-6-11(19-3)7-5-10/h4-7,9,12,15H,8H2,1-3H3,(H,16,17). The number of carbonyl (C=O) groups is 2. The number of hydrogen-bond acceptors (Lipinski definition) is 4. The van der Waals surface area contributed by atoms with Crippen LogP contribution in [0.5, 0.6) is 5.75 Å². The maximum atomic E-state index is 12.2. The Morgan fingerprint density at radius 3 is 2.26 bits per heavy atom. The van der Waals surface area contributed by atoms with Crippen molar-refractivity contribution in [2.24, 2.45) is 0 Å². The second-order valence-electron chi connectivity index (χ2n) is 4.56. The smallest absolute Gasteiger partial charge is 0.305 e. The first kappa shape index (κ1) is 15.2. The number of carbonyl (C=O) groups excluding carboxylic acids is 1. The van der Waals surface area contributed by atoms with Crippen molar-refractivity contribution >= 4 is 11.8 Å². The van der Waals surface area contributed by atoms with Crippen LogP contribution in [0.3, 0.4) is 0 Å². The molecule has 1 aromatic carbocycles.